The van der Waals surface area contributed by atoms with Crippen molar-refractivity contribution in [3.05, 3.63) is 35.6 Å². The maximum Gasteiger partial charge on any atom is 0.0820 e. The van der Waals surface area contributed by atoms with E-state index in [1.165, 1.54) is 0 Å². The fourth-order valence-corrected chi connectivity index (χ4v) is 1.41. The van der Waals surface area contributed by atoms with Crippen LogP contribution in [0.1, 0.15) is 34.1 Å². The lowest BCUT2D eigenvalue weighted by Crippen LogP contribution is -2.09. The third-order valence-corrected chi connectivity index (χ3v) is 2.86. The SMILES string of the molecule is C/C(C#CC1=CC(N)=CCC=C1)=N\C(C)C(C)C. The first kappa shape index (κ1) is 14.3. The Morgan fingerprint density at radius 2 is 2.11 bits per heavy atom. The quantitative estimate of drug-likeness (QED) is 0.586. The maximum atomic E-state index is 5.80. The van der Waals surface area contributed by atoms with Crippen molar-refractivity contribution >= 4 is 5.71 Å². The highest BCUT2D eigenvalue weighted by molar-refractivity contribution is 5.99. The van der Waals surface area contributed by atoms with Crippen molar-refractivity contribution in [1.29, 1.82) is 0 Å². The van der Waals surface area contributed by atoms with Gasteiger partial charge in [-0.05, 0) is 38.2 Å². The molecule has 0 saturated heterocycles. The van der Waals surface area contributed by atoms with Gasteiger partial charge in [-0.15, -0.1) is 0 Å². The van der Waals surface area contributed by atoms with Gasteiger partial charge in [0.2, 0.25) is 0 Å². The molecule has 0 fully saturated rings. The largest absolute Gasteiger partial charge is 0.399 e. The average molecular weight is 242 g/mol. The molecule has 1 aliphatic carbocycles. The van der Waals surface area contributed by atoms with Crippen LogP contribution in [0.15, 0.2) is 40.6 Å². The standard InChI is InChI=1S/C16H22N2/c1-12(2)14(4)18-13(3)9-10-15-7-5-6-8-16(17)11-15/h5,7-8,11-12,14H,6,17H2,1-4H3/b18-13+. The molecule has 0 amide bonds. The number of allylic oxidation sites excluding steroid dienone is 5. The molecule has 1 unspecified atom stereocenters. The van der Waals surface area contributed by atoms with Crippen molar-refractivity contribution < 1.29 is 0 Å². The molecule has 0 heterocycles. The smallest absolute Gasteiger partial charge is 0.0820 e. The van der Waals surface area contributed by atoms with E-state index in [-0.39, 0.29) is 0 Å². The van der Waals surface area contributed by atoms with Crippen molar-refractivity contribution in [2.45, 2.75) is 40.2 Å². The lowest BCUT2D eigenvalue weighted by atomic mass is 10.1. The normalized spacial score (nSPS) is 17.5. The van der Waals surface area contributed by atoms with E-state index in [9.17, 15) is 0 Å². The van der Waals surface area contributed by atoms with E-state index in [0.29, 0.717) is 12.0 Å². The summed E-state index contributed by atoms with van der Waals surface area (Å²) >= 11 is 0. The van der Waals surface area contributed by atoms with Crippen molar-refractivity contribution in [3.63, 3.8) is 0 Å². The van der Waals surface area contributed by atoms with Crippen molar-refractivity contribution in [2.24, 2.45) is 16.6 Å². The molecule has 0 aromatic carbocycles. The molecule has 18 heavy (non-hydrogen) atoms. The summed E-state index contributed by atoms with van der Waals surface area (Å²) in [5.74, 6) is 6.73. The zero-order valence-corrected chi connectivity index (χ0v) is 11.7. The first-order chi connectivity index (χ1) is 8.49. The Morgan fingerprint density at radius 3 is 2.78 bits per heavy atom. The van der Waals surface area contributed by atoms with Crippen LogP contribution in [0.2, 0.25) is 0 Å². The number of hydrogen-bond donors (Lipinski definition) is 1. The van der Waals surface area contributed by atoms with E-state index >= 15 is 0 Å². The van der Waals surface area contributed by atoms with Crippen LogP contribution >= 0.6 is 0 Å². The second-order valence-electron chi connectivity index (χ2n) is 4.89. The second-order valence-corrected chi connectivity index (χ2v) is 4.89. The topological polar surface area (TPSA) is 38.4 Å². The Hall–Kier alpha value is -1.75. The fourth-order valence-electron chi connectivity index (χ4n) is 1.41. The van der Waals surface area contributed by atoms with E-state index in [2.05, 4.69) is 43.7 Å². The summed E-state index contributed by atoms with van der Waals surface area (Å²) in [6, 6.07) is 0.308. The molecule has 0 aromatic heterocycles. The molecule has 0 radical (unpaired) electrons. The van der Waals surface area contributed by atoms with E-state index < -0.39 is 0 Å². The van der Waals surface area contributed by atoms with E-state index in [4.69, 9.17) is 5.73 Å². The zero-order chi connectivity index (χ0) is 13.5. The fraction of sp³-hybridized carbons (Fsp3) is 0.438. The summed E-state index contributed by atoms with van der Waals surface area (Å²) in [7, 11) is 0. The summed E-state index contributed by atoms with van der Waals surface area (Å²) in [4.78, 5) is 4.55. The van der Waals surface area contributed by atoms with Gasteiger partial charge in [0.05, 0.1) is 11.8 Å². The van der Waals surface area contributed by atoms with Gasteiger partial charge in [0, 0.05) is 11.3 Å². The predicted octanol–water partition coefficient (Wildman–Crippen LogP) is 3.22. The first-order valence-corrected chi connectivity index (χ1v) is 6.39. The molecule has 2 heteroatoms. The van der Waals surface area contributed by atoms with Gasteiger partial charge >= 0.3 is 0 Å². The van der Waals surface area contributed by atoms with Gasteiger partial charge in [-0.3, -0.25) is 4.99 Å². The van der Waals surface area contributed by atoms with Crippen molar-refractivity contribution in [2.75, 3.05) is 0 Å². The van der Waals surface area contributed by atoms with Crippen LogP contribution in [-0.2, 0) is 0 Å². The van der Waals surface area contributed by atoms with E-state index in [0.717, 1.165) is 23.4 Å². The Bertz CT molecular complexity index is 465. The van der Waals surface area contributed by atoms with Crippen molar-refractivity contribution in [1.82, 2.24) is 0 Å². The monoisotopic (exact) mass is 242 g/mol. The predicted molar refractivity (Wildman–Crippen MR) is 79.3 cm³/mol. The van der Waals surface area contributed by atoms with Gasteiger partial charge in [0.25, 0.3) is 0 Å². The summed E-state index contributed by atoms with van der Waals surface area (Å²) < 4.78 is 0. The molecule has 96 valence electrons. The molecular weight excluding hydrogens is 220 g/mol. The third-order valence-electron chi connectivity index (χ3n) is 2.86. The van der Waals surface area contributed by atoms with Crippen LogP contribution in [0.25, 0.3) is 0 Å². The third kappa shape index (κ3) is 5.05. The molecule has 2 N–H and O–H groups in total. The molecule has 1 atom stereocenters. The number of nitrogens with zero attached hydrogens (tertiary/aromatic N) is 1. The Kier molecular flexibility index (Phi) is 5.45. The summed E-state index contributed by atoms with van der Waals surface area (Å²) in [5, 5.41) is 0. The number of aliphatic imine (C=N–C) groups is 1. The maximum absolute atomic E-state index is 5.80. The molecule has 0 aromatic rings. The lowest BCUT2D eigenvalue weighted by Gasteiger charge is -2.09. The van der Waals surface area contributed by atoms with Crippen LogP contribution in [0, 0.1) is 17.8 Å². The first-order valence-electron chi connectivity index (χ1n) is 6.39. The molecule has 0 spiro atoms. The summed E-state index contributed by atoms with van der Waals surface area (Å²) in [6.07, 6.45) is 8.81. The van der Waals surface area contributed by atoms with Crippen LogP contribution in [0.5, 0.6) is 0 Å². The molecule has 1 aliphatic rings. The van der Waals surface area contributed by atoms with Gasteiger partial charge in [0.1, 0.15) is 0 Å². The average Bonchev–Trinajstić information content (AvgIpc) is 2.50. The summed E-state index contributed by atoms with van der Waals surface area (Å²) in [6.45, 7) is 8.39. The highest BCUT2D eigenvalue weighted by Crippen LogP contribution is 2.07. The molecule has 0 saturated carbocycles. The van der Waals surface area contributed by atoms with E-state index in [1.807, 2.05) is 25.2 Å². The van der Waals surface area contributed by atoms with Gasteiger partial charge in [-0.2, -0.15) is 0 Å². The van der Waals surface area contributed by atoms with E-state index in [1.54, 1.807) is 0 Å². The molecule has 1 rings (SSSR count). The molecular formula is C16H22N2. The number of nitrogens with two attached hydrogens (primary N) is 1. The van der Waals surface area contributed by atoms with Crippen LogP contribution in [0.4, 0.5) is 0 Å². The number of rotatable bonds is 2. The summed E-state index contributed by atoms with van der Waals surface area (Å²) in [5.41, 5.74) is 8.38. The van der Waals surface area contributed by atoms with Crippen LogP contribution in [0.3, 0.4) is 0 Å². The Morgan fingerprint density at radius 1 is 1.39 bits per heavy atom. The van der Waals surface area contributed by atoms with Gasteiger partial charge < -0.3 is 5.73 Å². The lowest BCUT2D eigenvalue weighted by molar-refractivity contribution is 0.532. The van der Waals surface area contributed by atoms with Gasteiger partial charge in [0.15, 0.2) is 0 Å². The number of hydrogen-bond acceptors (Lipinski definition) is 2. The van der Waals surface area contributed by atoms with Crippen LogP contribution in [-0.4, -0.2) is 11.8 Å². The van der Waals surface area contributed by atoms with Gasteiger partial charge in [-0.1, -0.05) is 38.0 Å². The highest BCUT2D eigenvalue weighted by Gasteiger charge is 2.03. The highest BCUT2D eigenvalue weighted by atomic mass is 14.8. The van der Waals surface area contributed by atoms with Gasteiger partial charge in [-0.25, -0.2) is 0 Å². The minimum absolute atomic E-state index is 0.308. The van der Waals surface area contributed by atoms with Crippen molar-refractivity contribution in [3.8, 4) is 11.8 Å². The minimum Gasteiger partial charge on any atom is -0.399 e. The Labute approximate surface area is 110 Å². The second kappa shape index (κ2) is 6.86. The Balaban J connectivity index is 2.79. The minimum atomic E-state index is 0.308. The molecule has 2 nitrogen and oxygen atoms in total. The molecule has 0 bridgehead atoms. The molecule has 0 aliphatic heterocycles. The zero-order valence-electron chi connectivity index (χ0n) is 11.7. The van der Waals surface area contributed by atoms with Crippen LogP contribution < -0.4 is 5.73 Å².